The Morgan fingerprint density at radius 3 is 2.90 bits per heavy atom. The number of nitrogens with one attached hydrogen (secondary N) is 2. The van der Waals surface area contributed by atoms with Gasteiger partial charge in [-0.1, -0.05) is 30.3 Å². The average molecular weight is 294 g/mol. The number of hydrogen-bond acceptors (Lipinski definition) is 5. The van der Waals surface area contributed by atoms with Gasteiger partial charge in [0.1, 0.15) is 12.7 Å². The van der Waals surface area contributed by atoms with Crippen LogP contribution in [0, 0.1) is 0 Å². The lowest BCUT2D eigenvalue weighted by Gasteiger charge is -2.19. The summed E-state index contributed by atoms with van der Waals surface area (Å²) in [6.07, 6.45) is -1.03. The predicted octanol–water partition coefficient (Wildman–Crippen LogP) is -0.333. The minimum atomic E-state index is -0.642. The second-order valence-electron chi connectivity index (χ2n) is 5.07. The standard InChI is InChI=1S/C15H22N2O4/c1-20-10-14(18)17-8-13-15(19)12(9-21-13)16-7-11-5-3-2-4-6-11/h2-6,12-13,15-16,19H,7-10H2,1H3,(H,17,18)/t12-,13-,15+/m1/s1. The molecule has 1 aromatic carbocycles. The third kappa shape index (κ3) is 4.78. The van der Waals surface area contributed by atoms with Gasteiger partial charge < -0.3 is 25.2 Å². The minimum absolute atomic E-state index is 0.0124. The van der Waals surface area contributed by atoms with Crippen molar-refractivity contribution in [3.8, 4) is 0 Å². The molecule has 3 N–H and O–H groups in total. The number of carbonyl (C=O) groups excluding carboxylic acids is 1. The van der Waals surface area contributed by atoms with E-state index in [2.05, 4.69) is 10.6 Å². The first kappa shape index (κ1) is 15.9. The summed E-state index contributed by atoms with van der Waals surface area (Å²) in [5, 5.41) is 16.2. The number of ether oxygens (including phenoxy) is 2. The lowest BCUT2D eigenvalue weighted by atomic mass is 10.1. The van der Waals surface area contributed by atoms with Crippen LogP contribution < -0.4 is 10.6 Å². The molecule has 0 saturated carbocycles. The highest BCUT2D eigenvalue weighted by Crippen LogP contribution is 2.14. The van der Waals surface area contributed by atoms with Crippen LogP contribution in [-0.2, 0) is 20.8 Å². The molecule has 21 heavy (non-hydrogen) atoms. The summed E-state index contributed by atoms with van der Waals surface area (Å²) in [5.41, 5.74) is 1.15. The summed E-state index contributed by atoms with van der Waals surface area (Å²) in [6, 6.07) is 9.85. The highest BCUT2D eigenvalue weighted by atomic mass is 16.5. The van der Waals surface area contributed by atoms with Gasteiger partial charge in [-0.25, -0.2) is 0 Å². The molecule has 0 aromatic heterocycles. The Hall–Kier alpha value is -1.47. The van der Waals surface area contributed by atoms with E-state index >= 15 is 0 Å². The maximum absolute atomic E-state index is 11.3. The van der Waals surface area contributed by atoms with Crippen LogP contribution in [0.4, 0.5) is 0 Å². The van der Waals surface area contributed by atoms with Crippen LogP contribution in [0.1, 0.15) is 5.56 Å². The highest BCUT2D eigenvalue weighted by Gasteiger charge is 2.35. The quantitative estimate of drug-likeness (QED) is 0.641. The van der Waals surface area contributed by atoms with E-state index < -0.39 is 6.10 Å². The Morgan fingerprint density at radius 1 is 1.43 bits per heavy atom. The van der Waals surface area contributed by atoms with E-state index in [1.165, 1.54) is 7.11 Å². The molecule has 6 heteroatoms. The predicted molar refractivity (Wildman–Crippen MR) is 77.7 cm³/mol. The Bertz CT molecular complexity index is 441. The molecule has 0 aliphatic carbocycles. The van der Waals surface area contributed by atoms with E-state index in [-0.39, 0.29) is 31.2 Å². The van der Waals surface area contributed by atoms with Crippen LogP contribution in [0.25, 0.3) is 0 Å². The zero-order valence-electron chi connectivity index (χ0n) is 12.1. The van der Waals surface area contributed by atoms with Crippen molar-refractivity contribution < 1.29 is 19.4 Å². The fourth-order valence-corrected chi connectivity index (χ4v) is 2.28. The number of rotatable bonds is 7. The van der Waals surface area contributed by atoms with E-state index in [1.807, 2.05) is 30.3 Å². The maximum Gasteiger partial charge on any atom is 0.246 e. The smallest absolute Gasteiger partial charge is 0.246 e. The van der Waals surface area contributed by atoms with Crippen molar-refractivity contribution in [2.24, 2.45) is 0 Å². The average Bonchev–Trinajstić information content (AvgIpc) is 2.85. The Morgan fingerprint density at radius 2 is 2.19 bits per heavy atom. The van der Waals surface area contributed by atoms with Crippen LogP contribution in [0.15, 0.2) is 30.3 Å². The van der Waals surface area contributed by atoms with Crippen molar-refractivity contribution in [2.75, 3.05) is 26.9 Å². The van der Waals surface area contributed by atoms with Crippen LogP contribution in [0.3, 0.4) is 0 Å². The van der Waals surface area contributed by atoms with Crippen LogP contribution in [0.2, 0.25) is 0 Å². The molecule has 1 heterocycles. The summed E-state index contributed by atoms with van der Waals surface area (Å²) in [5.74, 6) is -0.214. The Kier molecular flexibility index (Phi) is 6.13. The van der Waals surface area contributed by atoms with Gasteiger partial charge in [-0.3, -0.25) is 4.79 Å². The third-order valence-electron chi connectivity index (χ3n) is 3.47. The van der Waals surface area contributed by atoms with Gasteiger partial charge in [0.25, 0.3) is 0 Å². The molecule has 116 valence electrons. The molecule has 3 atom stereocenters. The number of benzene rings is 1. The zero-order chi connectivity index (χ0) is 15.1. The van der Waals surface area contributed by atoms with E-state index in [0.717, 1.165) is 5.56 Å². The normalized spacial score (nSPS) is 25.0. The first-order chi connectivity index (χ1) is 10.2. The highest BCUT2D eigenvalue weighted by molar-refractivity contribution is 5.77. The largest absolute Gasteiger partial charge is 0.389 e. The van der Waals surface area contributed by atoms with Crippen LogP contribution >= 0.6 is 0 Å². The lowest BCUT2D eigenvalue weighted by Crippen LogP contribution is -2.45. The molecule has 0 spiro atoms. The topological polar surface area (TPSA) is 79.8 Å². The molecule has 0 unspecified atom stereocenters. The first-order valence-electron chi connectivity index (χ1n) is 7.03. The molecule has 1 aliphatic rings. The number of amides is 1. The molecule has 6 nitrogen and oxygen atoms in total. The van der Waals surface area contributed by atoms with E-state index in [9.17, 15) is 9.90 Å². The van der Waals surface area contributed by atoms with Crippen molar-refractivity contribution in [2.45, 2.75) is 24.8 Å². The van der Waals surface area contributed by atoms with Gasteiger partial charge in [0.2, 0.25) is 5.91 Å². The number of carbonyl (C=O) groups is 1. The molecular formula is C15H22N2O4. The second-order valence-corrected chi connectivity index (χ2v) is 5.07. The van der Waals surface area contributed by atoms with Gasteiger partial charge >= 0.3 is 0 Å². The summed E-state index contributed by atoms with van der Waals surface area (Å²) in [7, 11) is 1.46. The molecule has 1 amide bonds. The van der Waals surface area contributed by atoms with Crippen molar-refractivity contribution in [1.82, 2.24) is 10.6 Å². The van der Waals surface area contributed by atoms with E-state index in [4.69, 9.17) is 9.47 Å². The van der Waals surface area contributed by atoms with Crippen molar-refractivity contribution in [3.05, 3.63) is 35.9 Å². The van der Waals surface area contributed by atoms with Crippen molar-refractivity contribution in [1.29, 1.82) is 0 Å². The summed E-state index contributed by atoms with van der Waals surface area (Å²) < 4.78 is 10.3. The number of aliphatic hydroxyl groups is 1. The summed E-state index contributed by atoms with van der Waals surface area (Å²) in [6.45, 7) is 1.40. The van der Waals surface area contributed by atoms with E-state index in [0.29, 0.717) is 13.2 Å². The third-order valence-corrected chi connectivity index (χ3v) is 3.47. The van der Waals surface area contributed by atoms with Gasteiger partial charge in [0.15, 0.2) is 0 Å². The molecule has 1 aromatic rings. The Balaban J connectivity index is 1.73. The van der Waals surface area contributed by atoms with Gasteiger partial charge in [-0.05, 0) is 5.56 Å². The fraction of sp³-hybridized carbons (Fsp3) is 0.533. The maximum atomic E-state index is 11.3. The van der Waals surface area contributed by atoms with E-state index in [1.54, 1.807) is 0 Å². The van der Waals surface area contributed by atoms with Gasteiger partial charge in [0, 0.05) is 20.2 Å². The minimum Gasteiger partial charge on any atom is -0.389 e. The molecule has 1 aliphatic heterocycles. The summed E-state index contributed by atoms with van der Waals surface area (Å²) >= 11 is 0. The van der Waals surface area contributed by atoms with Gasteiger partial charge in [-0.15, -0.1) is 0 Å². The van der Waals surface area contributed by atoms with Crippen LogP contribution in [-0.4, -0.2) is 56.1 Å². The fourth-order valence-electron chi connectivity index (χ4n) is 2.28. The molecule has 2 rings (SSSR count). The number of methoxy groups -OCH3 is 1. The number of hydrogen-bond donors (Lipinski definition) is 3. The van der Waals surface area contributed by atoms with Gasteiger partial charge in [0.05, 0.1) is 18.8 Å². The molecule has 0 radical (unpaired) electrons. The molecule has 0 bridgehead atoms. The zero-order valence-corrected chi connectivity index (χ0v) is 12.1. The van der Waals surface area contributed by atoms with Crippen molar-refractivity contribution >= 4 is 5.91 Å². The lowest BCUT2D eigenvalue weighted by molar-refractivity contribution is -0.125. The first-order valence-corrected chi connectivity index (χ1v) is 7.03. The number of aliphatic hydroxyl groups excluding tert-OH is 1. The second kappa shape index (κ2) is 8.09. The van der Waals surface area contributed by atoms with Crippen LogP contribution in [0.5, 0.6) is 0 Å². The molecule has 1 fully saturated rings. The SMILES string of the molecule is COCC(=O)NC[C@H]1OC[C@@H](NCc2ccccc2)[C@@H]1O. The molecule has 1 saturated heterocycles. The summed E-state index contributed by atoms with van der Waals surface area (Å²) in [4.78, 5) is 11.3. The molecular weight excluding hydrogens is 272 g/mol. The van der Waals surface area contributed by atoms with Crippen molar-refractivity contribution in [3.63, 3.8) is 0 Å². The Labute approximate surface area is 124 Å². The monoisotopic (exact) mass is 294 g/mol. The van der Waals surface area contributed by atoms with Gasteiger partial charge in [-0.2, -0.15) is 0 Å².